The first-order valence-corrected chi connectivity index (χ1v) is 9.22. The Hall–Kier alpha value is -1.80. The van der Waals surface area contributed by atoms with Crippen molar-refractivity contribution in [2.75, 3.05) is 26.4 Å². The summed E-state index contributed by atoms with van der Waals surface area (Å²) in [6, 6.07) is 0. The van der Waals surface area contributed by atoms with Crippen LogP contribution in [0.25, 0.3) is 0 Å². The Morgan fingerprint density at radius 3 is 2.58 bits per heavy atom. The van der Waals surface area contributed by atoms with E-state index in [2.05, 4.69) is 29.5 Å². The highest BCUT2D eigenvalue weighted by Crippen LogP contribution is 2.02. The van der Waals surface area contributed by atoms with Gasteiger partial charge in [0.2, 0.25) is 5.91 Å². The quantitative estimate of drug-likeness (QED) is 0.502. The van der Waals surface area contributed by atoms with Crippen LogP contribution in [-0.2, 0) is 32.2 Å². The van der Waals surface area contributed by atoms with Gasteiger partial charge in [0.1, 0.15) is 11.5 Å². The zero-order valence-corrected chi connectivity index (χ0v) is 16.4. The summed E-state index contributed by atoms with van der Waals surface area (Å²) < 4.78 is 12.6. The second kappa shape index (κ2) is 12.5. The Morgan fingerprint density at radius 2 is 1.88 bits per heavy atom. The first kappa shape index (κ1) is 22.2. The van der Waals surface area contributed by atoms with Crippen molar-refractivity contribution in [3.63, 3.8) is 0 Å². The van der Waals surface area contributed by atoms with Crippen LogP contribution in [0.2, 0.25) is 0 Å². The molecule has 1 rings (SSSR count). The summed E-state index contributed by atoms with van der Waals surface area (Å²) in [7, 11) is 0. The van der Waals surface area contributed by atoms with Gasteiger partial charge in [-0.2, -0.15) is 0 Å². The number of carbonyl (C=O) groups excluding carboxylic acids is 2. The lowest BCUT2D eigenvalue weighted by atomic mass is 10.0. The first-order chi connectivity index (χ1) is 12.4. The molecule has 1 aromatic heterocycles. The number of hydrogen-bond acceptors (Lipinski definition) is 6. The van der Waals surface area contributed by atoms with Crippen LogP contribution in [0.3, 0.4) is 0 Å². The minimum atomic E-state index is -0.154. The lowest BCUT2D eigenvalue weighted by Gasteiger charge is -2.07. The molecule has 1 heterocycles. The highest BCUT2D eigenvalue weighted by atomic mass is 16.5. The molecule has 1 aromatic rings. The molecule has 0 atom stereocenters. The van der Waals surface area contributed by atoms with Gasteiger partial charge in [0, 0.05) is 26.8 Å². The van der Waals surface area contributed by atoms with Gasteiger partial charge in [-0.05, 0) is 5.92 Å². The number of hydrogen-bond donors (Lipinski definition) is 1. The monoisotopic (exact) mass is 370 g/mol. The third-order valence-corrected chi connectivity index (χ3v) is 3.58. The van der Waals surface area contributed by atoms with E-state index in [1.807, 2.05) is 13.8 Å². The Morgan fingerprint density at radius 1 is 1.15 bits per heavy atom. The van der Waals surface area contributed by atoms with E-state index in [1.54, 1.807) is 10.9 Å². The van der Waals surface area contributed by atoms with Gasteiger partial charge in [0.05, 0.1) is 39.1 Å². The summed E-state index contributed by atoms with van der Waals surface area (Å²) >= 11 is 0. The maximum Gasteiger partial charge on any atom is 0.220 e. The van der Waals surface area contributed by atoms with Gasteiger partial charge in [0.15, 0.2) is 0 Å². The molecule has 0 fully saturated rings. The number of rotatable bonds is 14. The molecule has 0 saturated heterocycles. The lowest BCUT2D eigenvalue weighted by Crippen LogP contribution is -2.24. The van der Waals surface area contributed by atoms with E-state index in [0.717, 1.165) is 6.61 Å². The molecule has 0 aliphatic carbocycles. The van der Waals surface area contributed by atoms with Crippen LogP contribution in [0.1, 0.15) is 47.7 Å². The van der Waals surface area contributed by atoms with Crippen LogP contribution in [-0.4, -0.2) is 53.1 Å². The predicted octanol–water partition coefficient (Wildman–Crippen LogP) is 1.83. The van der Waals surface area contributed by atoms with Gasteiger partial charge in [-0.25, -0.2) is 4.68 Å². The normalized spacial score (nSPS) is 11.3. The summed E-state index contributed by atoms with van der Waals surface area (Å²) in [5.41, 5.74) is 0.675. The van der Waals surface area contributed by atoms with E-state index in [4.69, 9.17) is 9.47 Å². The molecule has 1 amide bonds. The fourth-order valence-corrected chi connectivity index (χ4v) is 2.03. The van der Waals surface area contributed by atoms with Crippen LogP contribution >= 0.6 is 0 Å². The average Bonchev–Trinajstić information content (AvgIpc) is 3.04. The highest BCUT2D eigenvalue weighted by molar-refractivity contribution is 5.85. The average molecular weight is 370 g/mol. The fourth-order valence-electron chi connectivity index (χ4n) is 2.03. The van der Waals surface area contributed by atoms with Crippen LogP contribution in [0.4, 0.5) is 0 Å². The summed E-state index contributed by atoms with van der Waals surface area (Å²) in [5, 5.41) is 10.8. The Labute approximate surface area is 157 Å². The molecule has 0 aromatic carbocycles. The van der Waals surface area contributed by atoms with Crippen molar-refractivity contribution in [3.8, 4) is 0 Å². The first-order valence-electron chi connectivity index (χ1n) is 9.22. The van der Waals surface area contributed by atoms with Crippen molar-refractivity contribution in [1.29, 1.82) is 0 Å². The van der Waals surface area contributed by atoms with Crippen LogP contribution in [0, 0.1) is 11.8 Å². The third kappa shape index (κ3) is 10.2. The van der Waals surface area contributed by atoms with Crippen molar-refractivity contribution in [2.45, 2.75) is 53.6 Å². The van der Waals surface area contributed by atoms with Crippen molar-refractivity contribution in [2.24, 2.45) is 11.8 Å². The summed E-state index contributed by atoms with van der Waals surface area (Å²) in [6.07, 6.45) is 2.25. The third-order valence-electron chi connectivity index (χ3n) is 3.58. The zero-order valence-electron chi connectivity index (χ0n) is 16.4. The van der Waals surface area contributed by atoms with Gasteiger partial charge in [-0.3, -0.25) is 9.59 Å². The molecule has 0 aliphatic heterocycles. The molecule has 150 valence electrons. The van der Waals surface area contributed by atoms with E-state index in [-0.39, 0.29) is 31.9 Å². The number of aromatic nitrogens is 3. The Bertz CT molecular complexity index is 549. The number of amides is 1. The summed E-state index contributed by atoms with van der Waals surface area (Å²) in [6.45, 7) is 11.2. The van der Waals surface area contributed by atoms with Crippen molar-refractivity contribution in [1.82, 2.24) is 20.3 Å². The van der Waals surface area contributed by atoms with E-state index in [9.17, 15) is 9.59 Å². The van der Waals surface area contributed by atoms with Crippen molar-refractivity contribution < 1.29 is 20.5 Å². The lowest BCUT2D eigenvalue weighted by molar-refractivity contribution is -0.126. The molecule has 0 bridgehead atoms. The van der Waals surface area contributed by atoms with Gasteiger partial charge in [-0.15, -0.1) is 5.10 Å². The van der Waals surface area contributed by atoms with E-state index in [1.165, 1.54) is 0 Å². The number of nitrogens with zero attached hydrogens (tertiary/aromatic N) is 3. The zero-order chi connectivity index (χ0) is 19.4. The van der Waals surface area contributed by atoms with Crippen LogP contribution in [0.15, 0.2) is 6.20 Å². The van der Waals surface area contributed by atoms with Crippen LogP contribution < -0.4 is 5.32 Å². The summed E-state index contributed by atoms with van der Waals surface area (Å²) in [5.74, 6) is 0.436. The molecule has 0 radical (unpaired) electrons. The largest absolute Gasteiger partial charge is 0.379 e. The van der Waals surface area contributed by atoms with E-state index in [0.29, 0.717) is 44.5 Å². The van der Waals surface area contributed by atoms with E-state index < -0.39 is 0 Å². The molecule has 0 unspecified atom stereocenters. The molecular formula is C18H34N4O4. The van der Waals surface area contributed by atoms with Crippen molar-refractivity contribution >= 4 is 11.7 Å². The number of Topliss-reactive ketones (excluding diaryl/α,β-unsaturated/α-hetero) is 1. The second-order valence-electron chi connectivity index (χ2n) is 6.95. The molecule has 26 heavy (non-hydrogen) atoms. The number of ketones is 1. The van der Waals surface area contributed by atoms with Gasteiger partial charge in [0.25, 0.3) is 0 Å². The predicted molar refractivity (Wildman–Crippen MR) is 99.5 cm³/mol. The fraction of sp³-hybridized carbons (Fsp3) is 0.778. The van der Waals surface area contributed by atoms with Gasteiger partial charge < -0.3 is 14.8 Å². The smallest absolute Gasteiger partial charge is 0.220 e. The minimum absolute atomic E-state index is 0. The standard InChI is InChI=1S/C18H32N4O4.H2/c1-14(2)13-26-10-9-25-8-7-22-12-16(20-21-22)11-19-18(24)6-5-17(23)15(3)4;/h12,14-15H,5-11,13H2,1-4H3,(H,19,24);1H. The van der Waals surface area contributed by atoms with Gasteiger partial charge in [-0.1, -0.05) is 32.9 Å². The Kier molecular flexibility index (Phi) is 10.7. The molecular weight excluding hydrogens is 336 g/mol. The van der Waals surface area contributed by atoms with E-state index >= 15 is 0 Å². The molecule has 0 spiro atoms. The number of ether oxygens (including phenoxy) is 2. The summed E-state index contributed by atoms with van der Waals surface area (Å²) in [4.78, 5) is 23.3. The molecule has 0 saturated carbocycles. The number of nitrogens with one attached hydrogen (secondary N) is 1. The maximum absolute atomic E-state index is 11.7. The minimum Gasteiger partial charge on any atom is -0.379 e. The van der Waals surface area contributed by atoms with Crippen LogP contribution in [0.5, 0.6) is 0 Å². The highest BCUT2D eigenvalue weighted by Gasteiger charge is 2.10. The molecule has 8 heteroatoms. The Balaban J connectivity index is 0.00000676. The number of carbonyl (C=O) groups is 2. The van der Waals surface area contributed by atoms with Crippen molar-refractivity contribution in [3.05, 3.63) is 11.9 Å². The van der Waals surface area contributed by atoms with Gasteiger partial charge >= 0.3 is 0 Å². The second-order valence-corrected chi connectivity index (χ2v) is 6.95. The maximum atomic E-state index is 11.7. The topological polar surface area (TPSA) is 95.3 Å². The SMILES string of the molecule is CC(C)COCCOCCn1cc(CNC(=O)CCC(=O)C(C)C)nn1.[HH]. The molecule has 1 N–H and O–H groups in total. The molecule has 0 aliphatic rings. The molecule has 8 nitrogen and oxygen atoms in total.